The summed E-state index contributed by atoms with van der Waals surface area (Å²) in [5.74, 6) is -4.77. The van der Waals surface area contributed by atoms with E-state index >= 15 is 0 Å². The summed E-state index contributed by atoms with van der Waals surface area (Å²) in [6, 6.07) is 0. The standard InChI is InChI=1S/C7H9F3O3/c1-3-5(11)13-6(12)4(2)7(8,9)10/h4H,3H2,1-2H3. The number of carbonyl (C=O) groups is 2. The van der Waals surface area contributed by atoms with Crippen LogP contribution in [0.1, 0.15) is 20.3 Å². The maximum Gasteiger partial charge on any atom is 0.401 e. The van der Waals surface area contributed by atoms with E-state index in [1.165, 1.54) is 6.92 Å². The van der Waals surface area contributed by atoms with Crippen LogP contribution in [0.5, 0.6) is 0 Å². The molecule has 1 atom stereocenters. The second-order valence-corrected chi connectivity index (χ2v) is 2.41. The lowest BCUT2D eigenvalue weighted by molar-refractivity contribution is -0.195. The van der Waals surface area contributed by atoms with Crippen LogP contribution in [-0.2, 0) is 14.3 Å². The van der Waals surface area contributed by atoms with Gasteiger partial charge in [-0.2, -0.15) is 13.2 Å². The number of halogens is 3. The Balaban J connectivity index is 4.20. The molecule has 1 unspecified atom stereocenters. The number of esters is 2. The monoisotopic (exact) mass is 198 g/mol. The van der Waals surface area contributed by atoms with Crippen LogP contribution >= 0.6 is 0 Å². The van der Waals surface area contributed by atoms with E-state index in [1.54, 1.807) is 0 Å². The van der Waals surface area contributed by atoms with E-state index in [1.807, 2.05) is 0 Å². The molecule has 0 aliphatic carbocycles. The Morgan fingerprint density at radius 2 is 1.85 bits per heavy atom. The van der Waals surface area contributed by atoms with E-state index < -0.39 is 24.0 Å². The lowest BCUT2D eigenvalue weighted by atomic mass is 10.2. The maximum absolute atomic E-state index is 11.8. The summed E-state index contributed by atoms with van der Waals surface area (Å²) in [7, 11) is 0. The SMILES string of the molecule is CCC(=O)OC(=O)C(C)C(F)(F)F. The summed E-state index contributed by atoms with van der Waals surface area (Å²) in [5, 5.41) is 0. The normalized spacial score (nSPS) is 13.6. The van der Waals surface area contributed by atoms with Gasteiger partial charge in [0.05, 0.1) is 0 Å². The summed E-state index contributed by atoms with van der Waals surface area (Å²) in [4.78, 5) is 21.0. The van der Waals surface area contributed by atoms with Crippen molar-refractivity contribution in [2.24, 2.45) is 5.92 Å². The summed E-state index contributed by atoms with van der Waals surface area (Å²) in [6.45, 7) is 2.03. The first-order valence-electron chi connectivity index (χ1n) is 3.60. The van der Waals surface area contributed by atoms with Crippen LogP contribution in [0, 0.1) is 5.92 Å². The Labute approximate surface area is 72.9 Å². The average Bonchev–Trinajstić information content (AvgIpc) is 2.01. The molecule has 0 amide bonds. The summed E-state index contributed by atoms with van der Waals surface area (Å²) < 4.78 is 39.4. The molecule has 0 saturated heterocycles. The van der Waals surface area contributed by atoms with E-state index in [9.17, 15) is 22.8 Å². The van der Waals surface area contributed by atoms with Crippen molar-refractivity contribution in [1.29, 1.82) is 0 Å². The molecule has 0 spiro atoms. The fraction of sp³-hybridized carbons (Fsp3) is 0.714. The van der Waals surface area contributed by atoms with Gasteiger partial charge in [-0.05, 0) is 6.92 Å². The maximum atomic E-state index is 11.8. The molecule has 0 aromatic heterocycles. The first-order chi connectivity index (χ1) is 5.79. The highest BCUT2D eigenvalue weighted by atomic mass is 19.4. The van der Waals surface area contributed by atoms with E-state index in [2.05, 4.69) is 4.74 Å². The topological polar surface area (TPSA) is 43.4 Å². The van der Waals surface area contributed by atoms with E-state index in [4.69, 9.17) is 0 Å². The molecule has 13 heavy (non-hydrogen) atoms. The Bertz CT molecular complexity index is 210. The smallest absolute Gasteiger partial charge is 0.393 e. The van der Waals surface area contributed by atoms with Gasteiger partial charge >= 0.3 is 18.1 Å². The minimum atomic E-state index is -4.66. The van der Waals surface area contributed by atoms with Gasteiger partial charge in [-0.3, -0.25) is 9.59 Å². The molecule has 0 bridgehead atoms. The van der Waals surface area contributed by atoms with Crippen LogP contribution in [0.2, 0.25) is 0 Å². The first kappa shape index (κ1) is 11.9. The third-order valence-corrected chi connectivity index (χ3v) is 1.35. The molecule has 0 fully saturated rings. The average molecular weight is 198 g/mol. The van der Waals surface area contributed by atoms with Gasteiger partial charge in [0.15, 0.2) is 0 Å². The molecule has 0 heterocycles. The Morgan fingerprint density at radius 3 is 2.15 bits per heavy atom. The molecular weight excluding hydrogens is 189 g/mol. The van der Waals surface area contributed by atoms with Crippen LogP contribution in [0.4, 0.5) is 13.2 Å². The predicted molar refractivity (Wildman–Crippen MR) is 36.6 cm³/mol. The highest BCUT2D eigenvalue weighted by Gasteiger charge is 2.42. The third-order valence-electron chi connectivity index (χ3n) is 1.35. The van der Waals surface area contributed by atoms with Gasteiger partial charge in [0.25, 0.3) is 0 Å². The van der Waals surface area contributed by atoms with E-state index in [0.29, 0.717) is 6.92 Å². The number of carbonyl (C=O) groups excluding carboxylic acids is 2. The predicted octanol–water partition coefficient (Wildman–Crippen LogP) is 1.66. The van der Waals surface area contributed by atoms with Crippen LogP contribution in [0.3, 0.4) is 0 Å². The minimum absolute atomic E-state index is 0.129. The molecule has 0 radical (unpaired) electrons. The van der Waals surface area contributed by atoms with E-state index in [0.717, 1.165) is 0 Å². The van der Waals surface area contributed by atoms with Crippen LogP contribution in [-0.4, -0.2) is 18.1 Å². The van der Waals surface area contributed by atoms with Crippen molar-refractivity contribution < 1.29 is 27.5 Å². The van der Waals surface area contributed by atoms with Gasteiger partial charge in [-0.15, -0.1) is 0 Å². The number of hydrogen-bond donors (Lipinski definition) is 0. The molecule has 76 valence electrons. The molecule has 0 saturated carbocycles. The second-order valence-electron chi connectivity index (χ2n) is 2.41. The van der Waals surface area contributed by atoms with Gasteiger partial charge in [-0.25, -0.2) is 0 Å². The molecule has 0 aliphatic rings. The fourth-order valence-electron chi connectivity index (χ4n) is 0.406. The highest BCUT2D eigenvalue weighted by Crippen LogP contribution is 2.26. The van der Waals surface area contributed by atoms with Gasteiger partial charge in [0, 0.05) is 6.42 Å². The van der Waals surface area contributed by atoms with Crippen LogP contribution < -0.4 is 0 Å². The quantitative estimate of drug-likeness (QED) is 0.500. The lowest BCUT2D eigenvalue weighted by Gasteiger charge is -2.12. The molecule has 0 N–H and O–H groups in total. The summed E-state index contributed by atoms with van der Waals surface area (Å²) in [6.07, 6.45) is -4.79. The molecule has 3 nitrogen and oxygen atoms in total. The van der Waals surface area contributed by atoms with Gasteiger partial charge in [0.1, 0.15) is 5.92 Å². The van der Waals surface area contributed by atoms with Gasteiger partial charge < -0.3 is 4.74 Å². The zero-order chi connectivity index (χ0) is 10.6. The van der Waals surface area contributed by atoms with Crippen molar-refractivity contribution in [2.75, 3.05) is 0 Å². The third kappa shape index (κ3) is 3.91. The summed E-state index contributed by atoms with van der Waals surface area (Å²) >= 11 is 0. The van der Waals surface area contributed by atoms with Crippen molar-refractivity contribution >= 4 is 11.9 Å². The zero-order valence-corrected chi connectivity index (χ0v) is 7.14. The number of rotatable bonds is 2. The Kier molecular flexibility index (Phi) is 3.90. The molecular formula is C7H9F3O3. The first-order valence-corrected chi connectivity index (χ1v) is 3.60. The van der Waals surface area contributed by atoms with Crippen LogP contribution in [0.25, 0.3) is 0 Å². The molecule has 0 aromatic carbocycles. The molecule has 0 aliphatic heterocycles. The molecule has 0 rings (SSSR count). The highest BCUT2D eigenvalue weighted by molar-refractivity contribution is 5.86. The van der Waals surface area contributed by atoms with Gasteiger partial charge in [-0.1, -0.05) is 6.92 Å². The van der Waals surface area contributed by atoms with Crippen molar-refractivity contribution in [3.63, 3.8) is 0 Å². The second kappa shape index (κ2) is 4.25. The largest absolute Gasteiger partial charge is 0.401 e. The van der Waals surface area contributed by atoms with Crippen molar-refractivity contribution in [2.45, 2.75) is 26.4 Å². The Hall–Kier alpha value is -1.07. The number of ether oxygens (including phenoxy) is 1. The van der Waals surface area contributed by atoms with Crippen molar-refractivity contribution in [1.82, 2.24) is 0 Å². The zero-order valence-electron chi connectivity index (χ0n) is 7.14. The van der Waals surface area contributed by atoms with E-state index in [-0.39, 0.29) is 6.42 Å². The minimum Gasteiger partial charge on any atom is -0.393 e. The number of hydrogen-bond acceptors (Lipinski definition) is 3. The molecule has 0 aromatic rings. The fourth-order valence-corrected chi connectivity index (χ4v) is 0.406. The van der Waals surface area contributed by atoms with Gasteiger partial charge in [0.2, 0.25) is 0 Å². The van der Waals surface area contributed by atoms with Crippen molar-refractivity contribution in [3.05, 3.63) is 0 Å². The number of alkyl halides is 3. The Morgan fingerprint density at radius 1 is 1.38 bits per heavy atom. The summed E-state index contributed by atoms with van der Waals surface area (Å²) in [5.41, 5.74) is 0. The van der Waals surface area contributed by atoms with Crippen molar-refractivity contribution in [3.8, 4) is 0 Å². The lowest BCUT2D eigenvalue weighted by Crippen LogP contribution is -2.30. The molecule has 6 heteroatoms. The van der Waals surface area contributed by atoms with Crippen LogP contribution in [0.15, 0.2) is 0 Å².